The summed E-state index contributed by atoms with van der Waals surface area (Å²) in [7, 11) is 8.42. The number of thiazole rings is 2. The predicted molar refractivity (Wildman–Crippen MR) is 226 cm³/mol. The lowest BCUT2D eigenvalue weighted by molar-refractivity contribution is -0.0698. The van der Waals surface area contributed by atoms with E-state index < -0.39 is 5.60 Å². The van der Waals surface area contributed by atoms with Gasteiger partial charge in [-0.2, -0.15) is 0 Å². The van der Waals surface area contributed by atoms with Gasteiger partial charge in [0.05, 0.1) is 63.4 Å². The summed E-state index contributed by atoms with van der Waals surface area (Å²) in [6.45, 7) is 16.7. The van der Waals surface area contributed by atoms with Crippen LogP contribution in [0.5, 0.6) is 0 Å². The molecule has 2 aromatic heterocycles. The van der Waals surface area contributed by atoms with Gasteiger partial charge in [-0.3, -0.25) is 9.89 Å². The molecule has 0 N–H and O–H groups in total. The second kappa shape index (κ2) is 15.9. The number of ether oxygens (including phenoxy) is 3. The highest BCUT2D eigenvalue weighted by Gasteiger charge is 2.44. The molecule has 4 aromatic rings. The lowest BCUT2D eigenvalue weighted by Crippen LogP contribution is -2.53. The monoisotopic (exact) mass is 786 g/mol. The Morgan fingerprint density at radius 3 is 1.87 bits per heavy atom. The molecule has 4 aliphatic rings. The van der Waals surface area contributed by atoms with E-state index in [1.54, 1.807) is 16.2 Å². The van der Waals surface area contributed by atoms with Crippen molar-refractivity contribution in [3.63, 3.8) is 0 Å². The molecular weight excluding hydrogens is 729 g/mol. The fraction of sp³-hybridized carbons (Fsp3) is 0.581. The van der Waals surface area contributed by atoms with Crippen molar-refractivity contribution < 1.29 is 19.0 Å². The molecule has 6 heterocycles. The minimum atomic E-state index is -0.526. The molecular formula is C43H58N6O4S2. The number of benzene rings is 2. The van der Waals surface area contributed by atoms with Crippen LogP contribution in [0, 0.1) is 11.8 Å². The molecule has 2 atom stereocenters. The quantitative estimate of drug-likeness (QED) is 0.177. The molecule has 296 valence electrons. The Morgan fingerprint density at radius 2 is 1.40 bits per heavy atom. The van der Waals surface area contributed by atoms with E-state index in [4.69, 9.17) is 29.2 Å². The summed E-state index contributed by atoms with van der Waals surface area (Å²) < 4.78 is 19.2. The molecule has 0 spiro atoms. The summed E-state index contributed by atoms with van der Waals surface area (Å²) in [5.74, 6) is 1.11. The fourth-order valence-electron chi connectivity index (χ4n) is 7.85. The number of amides is 1. The molecule has 1 amide bonds. The standard InChI is InChI=1S/C24H33N3O3S.C19H25N3OS/c1-16-7-9-19(27(12-16)22(28)30-23(2,3)4)17-8-10-20-18(11-17)25-21(31-20)24(13-26(5)6)14-29-15-24;1-13-4-6-15(20-9-13)14-5-7-17-16(8-14)21-18(24-17)19(10-22(2)3)11-23-12-19/h8-11,16H,7,12-15H2,1-6H3;5,7-8,13H,4,6,9-12H2,1-3H3/t16-;13-/m00/s1. The first-order valence-electron chi connectivity index (χ1n) is 19.6. The summed E-state index contributed by atoms with van der Waals surface area (Å²) in [5, 5.41) is 2.35. The zero-order valence-electron chi connectivity index (χ0n) is 34.1. The Labute approximate surface area is 334 Å². The van der Waals surface area contributed by atoms with Crippen molar-refractivity contribution in [2.24, 2.45) is 16.8 Å². The Balaban J connectivity index is 0.000000174. The van der Waals surface area contributed by atoms with E-state index in [0.717, 1.165) is 77.7 Å². The zero-order chi connectivity index (χ0) is 39.1. The van der Waals surface area contributed by atoms with E-state index in [0.29, 0.717) is 31.6 Å². The second-order valence-electron chi connectivity index (χ2n) is 17.9. The molecule has 2 aromatic carbocycles. The minimum Gasteiger partial charge on any atom is -0.443 e. The highest BCUT2D eigenvalue weighted by molar-refractivity contribution is 7.19. The molecule has 10 nitrogen and oxygen atoms in total. The van der Waals surface area contributed by atoms with Crippen LogP contribution in [0.3, 0.4) is 0 Å². The van der Waals surface area contributed by atoms with Gasteiger partial charge < -0.3 is 24.0 Å². The van der Waals surface area contributed by atoms with E-state index in [2.05, 4.69) is 94.3 Å². The van der Waals surface area contributed by atoms with Gasteiger partial charge in [-0.1, -0.05) is 32.1 Å². The van der Waals surface area contributed by atoms with Crippen molar-refractivity contribution in [1.29, 1.82) is 0 Å². The van der Waals surface area contributed by atoms with Gasteiger partial charge in [0.1, 0.15) is 15.6 Å². The third-order valence-electron chi connectivity index (χ3n) is 10.6. The number of carbonyl (C=O) groups is 1. The smallest absolute Gasteiger partial charge is 0.414 e. The van der Waals surface area contributed by atoms with Crippen molar-refractivity contribution >= 4 is 60.6 Å². The number of hydrogen-bond acceptors (Lipinski definition) is 11. The molecule has 8 rings (SSSR count). The summed E-state index contributed by atoms with van der Waals surface area (Å²) in [6.07, 6.45) is 5.13. The van der Waals surface area contributed by atoms with Crippen LogP contribution in [-0.2, 0) is 25.0 Å². The Morgan fingerprint density at radius 1 is 0.855 bits per heavy atom. The number of carbonyl (C=O) groups excluding carboxylic acids is 1. The lowest BCUT2D eigenvalue weighted by atomic mass is 9.86. The number of aliphatic imine (C=N–C) groups is 1. The average Bonchev–Trinajstić information content (AvgIpc) is 3.72. The van der Waals surface area contributed by atoms with Crippen molar-refractivity contribution in [3.8, 4) is 0 Å². The van der Waals surface area contributed by atoms with Gasteiger partial charge in [-0.05, 0) is 110 Å². The van der Waals surface area contributed by atoms with Crippen LogP contribution in [0.2, 0.25) is 0 Å². The molecule has 55 heavy (non-hydrogen) atoms. The maximum atomic E-state index is 12.9. The van der Waals surface area contributed by atoms with Crippen LogP contribution < -0.4 is 0 Å². The Bertz CT molecular complexity index is 2070. The van der Waals surface area contributed by atoms with E-state index in [1.165, 1.54) is 27.4 Å². The molecule has 12 heteroatoms. The fourth-order valence-corrected chi connectivity index (χ4v) is 10.0. The summed E-state index contributed by atoms with van der Waals surface area (Å²) in [6, 6.07) is 13.0. The molecule has 4 aliphatic heterocycles. The van der Waals surface area contributed by atoms with Crippen LogP contribution in [0.25, 0.3) is 26.1 Å². The molecule has 0 saturated carbocycles. The van der Waals surface area contributed by atoms with Crippen LogP contribution in [-0.4, -0.2) is 123 Å². The van der Waals surface area contributed by atoms with Gasteiger partial charge in [0, 0.05) is 37.5 Å². The molecule has 2 fully saturated rings. The molecule has 0 unspecified atom stereocenters. The van der Waals surface area contributed by atoms with Crippen molar-refractivity contribution in [2.45, 2.75) is 70.3 Å². The largest absolute Gasteiger partial charge is 0.443 e. The van der Waals surface area contributed by atoms with Crippen molar-refractivity contribution in [1.82, 2.24) is 24.7 Å². The number of nitrogens with zero attached hydrogens (tertiary/aromatic N) is 6. The number of rotatable bonds is 8. The summed E-state index contributed by atoms with van der Waals surface area (Å²) >= 11 is 3.57. The highest BCUT2D eigenvalue weighted by Crippen LogP contribution is 2.40. The maximum absolute atomic E-state index is 12.9. The van der Waals surface area contributed by atoms with E-state index in [9.17, 15) is 4.79 Å². The number of hydrogen-bond donors (Lipinski definition) is 0. The molecule has 0 radical (unpaired) electrons. The van der Waals surface area contributed by atoms with Crippen molar-refractivity contribution in [2.75, 3.05) is 80.8 Å². The molecule has 2 saturated heterocycles. The normalized spacial score (nSPS) is 22.1. The summed E-state index contributed by atoms with van der Waals surface area (Å²) in [4.78, 5) is 33.9. The van der Waals surface area contributed by atoms with Crippen LogP contribution >= 0.6 is 22.7 Å². The van der Waals surface area contributed by atoms with Crippen LogP contribution in [0.1, 0.15) is 75.0 Å². The SMILES string of the molecule is C[C@H]1CC=C(c2ccc3sc(C4(CN(C)C)COC4)nc3c2)N(C(=O)OC(C)(C)C)C1.C[C@H]1CCC(c2ccc3sc(C4(CN(C)C)COC4)nc3c2)=NC1. The first kappa shape index (κ1) is 40.0. The number of fused-ring (bicyclic) bond motifs is 2. The number of aromatic nitrogens is 2. The van der Waals surface area contributed by atoms with Gasteiger partial charge >= 0.3 is 6.09 Å². The first-order valence-corrected chi connectivity index (χ1v) is 21.3. The number of likely N-dealkylation sites (N-methyl/N-ethyl adjacent to an activating group) is 2. The lowest BCUT2D eigenvalue weighted by Gasteiger charge is -2.41. The topological polar surface area (TPSA) is 92.6 Å². The van der Waals surface area contributed by atoms with E-state index >= 15 is 0 Å². The maximum Gasteiger partial charge on any atom is 0.414 e. The first-order chi connectivity index (χ1) is 26.1. The van der Waals surface area contributed by atoms with Gasteiger partial charge in [-0.15, -0.1) is 22.7 Å². The number of allylic oxidation sites excluding steroid dienone is 1. The predicted octanol–water partition coefficient (Wildman–Crippen LogP) is 8.09. The van der Waals surface area contributed by atoms with Gasteiger partial charge in [0.2, 0.25) is 0 Å². The third kappa shape index (κ3) is 8.84. The summed E-state index contributed by atoms with van der Waals surface area (Å²) in [5.41, 5.74) is 6.04. The zero-order valence-corrected chi connectivity index (χ0v) is 35.7. The molecule has 0 bridgehead atoms. The van der Waals surface area contributed by atoms with Crippen LogP contribution in [0.4, 0.5) is 4.79 Å². The van der Waals surface area contributed by atoms with E-state index in [1.807, 2.05) is 32.1 Å². The molecule has 0 aliphatic carbocycles. The van der Waals surface area contributed by atoms with Gasteiger partial charge in [-0.25, -0.2) is 14.8 Å². The van der Waals surface area contributed by atoms with Crippen LogP contribution in [0.15, 0.2) is 47.5 Å². The minimum absolute atomic E-state index is 0.0184. The van der Waals surface area contributed by atoms with Gasteiger partial charge in [0.15, 0.2) is 0 Å². The highest BCUT2D eigenvalue weighted by atomic mass is 32.1. The third-order valence-corrected chi connectivity index (χ3v) is 13.2. The second-order valence-corrected chi connectivity index (χ2v) is 19.9. The van der Waals surface area contributed by atoms with E-state index in [-0.39, 0.29) is 16.9 Å². The van der Waals surface area contributed by atoms with Gasteiger partial charge in [0.25, 0.3) is 0 Å². The Hall–Kier alpha value is -3.26. The average molecular weight is 787 g/mol. The Kier molecular flexibility index (Phi) is 11.6. The van der Waals surface area contributed by atoms with Crippen molar-refractivity contribution in [3.05, 3.63) is 63.6 Å².